The molecule has 2 aliphatic rings. The SMILES string of the molecule is COc1ccc(CC(=O)N2CCN(S(=O)(=O)c3ccc4c(c3)OCCO4)CC2)cc1. The first-order valence-electron chi connectivity index (χ1n) is 9.78. The highest BCUT2D eigenvalue weighted by atomic mass is 32.2. The number of sulfonamides is 1. The lowest BCUT2D eigenvalue weighted by atomic mass is 10.1. The van der Waals surface area contributed by atoms with E-state index < -0.39 is 10.0 Å². The molecule has 1 fully saturated rings. The molecule has 1 amide bonds. The van der Waals surface area contributed by atoms with Crippen LogP contribution in [0.5, 0.6) is 17.2 Å². The second-order valence-electron chi connectivity index (χ2n) is 7.12. The molecule has 0 N–H and O–H groups in total. The number of carbonyl (C=O) groups is 1. The highest BCUT2D eigenvalue weighted by molar-refractivity contribution is 7.89. The van der Waals surface area contributed by atoms with Gasteiger partial charge in [-0.25, -0.2) is 8.42 Å². The third-order valence-electron chi connectivity index (χ3n) is 5.26. The molecular formula is C21H24N2O6S. The molecule has 0 unspecified atom stereocenters. The molecule has 2 aromatic rings. The number of nitrogens with zero attached hydrogens (tertiary/aromatic N) is 2. The van der Waals surface area contributed by atoms with E-state index in [9.17, 15) is 13.2 Å². The fraction of sp³-hybridized carbons (Fsp3) is 0.381. The molecule has 0 radical (unpaired) electrons. The number of rotatable bonds is 5. The highest BCUT2D eigenvalue weighted by Crippen LogP contribution is 2.33. The van der Waals surface area contributed by atoms with Crippen LogP contribution in [0.2, 0.25) is 0 Å². The van der Waals surface area contributed by atoms with E-state index in [1.54, 1.807) is 18.1 Å². The Bertz CT molecular complexity index is 1010. The molecule has 0 saturated carbocycles. The second kappa shape index (κ2) is 8.53. The van der Waals surface area contributed by atoms with Gasteiger partial charge < -0.3 is 19.1 Å². The number of hydrogen-bond donors (Lipinski definition) is 0. The number of methoxy groups -OCH3 is 1. The summed E-state index contributed by atoms with van der Waals surface area (Å²) in [6, 6.07) is 12.0. The smallest absolute Gasteiger partial charge is 0.243 e. The van der Waals surface area contributed by atoms with Gasteiger partial charge in [-0.2, -0.15) is 4.31 Å². The van der Waals surface area contributed by atoms with Gasteiger partial charge in [0.2, 0.25) is 15.9 Å². The van der Waals surface area contributed by atoms with Gasteiger partial charge in [0.15, 0.2) is 11.5 Å². The largest absolute Gasteiger partial charge is 0.497 e. The Morgan fingerprint density at radius 2 is 1.63 bits per heavy atom. The summed E-state index contributed by atoms with van der Waals surface area (Å²) in [5.74, 6) is 1.71. The van der Waals surface area contributed by atoms with Crippen molar-refractivity contribution in [2.24, 2.45) is 0 Å². The summed E-state index contributed by atoms with van der Waals surface area (Å²) in [7, 11) is -2.07. The average Bonchev–Trinajstić information content (AvgIpc) is 2.79. The van der Waals surface area contributed by atoms with Crippen LogP contribution in [-0.4, -0.2) is 70.0 Å². The predicted molar refractivity (Wildman–Crippen MR) is 109 cm³/mol. The van der Waals surface area contributed by atoms with Gasteiger partial charge in [-0.3, -0.25) is 4.79 Å². The number of piperazine rings is 1. The van der Waals surface area contributed by atoms with Crippen LogP contribution in [-0.2, 0) is 21.2 Å². The minimum absolute atomic E-state index is 0.0171. The summed E-state index contributed by atoms with van der Waals surface area (Å²) in [6.45, 7) is 2.07. The number of carbonyl (C=O) groups excluding carboxylic acids is 1. The molecule has 9 heteroatoms. The second-order valence-corrected chi connectivity index (χ2v) is 9.05. The van der Waals surface area contributed by atoms with Crippen molar-refractivity contribution in [1.82, 2.24) is 9.21 Å². The standard InChI is InChI=1S/C21H24N2O6S/c1-27-17-4-2-16(3-5-17)14-21(24)22-8-10-23(11-9-22)30(25,26)18-6-7-19-20(15-18)29-13-12-28-19/h2-7,15H,8-14H2,1H3. The molecule has 160 valence electrons. The van der Waals surface area contributed by atoms with Crippen molar-refractivity contribution in [1.29, 1.82) is 0 Å². The molecule has 2 heterocycles. The summed E-state index contributed by atoms with van der Waals surface area (Å²) in [5, 5.41) is 0. The van der Waals surface area contributed by atoms with Gasteiger partial charge in [-0.05, 0) is 29.8 Å². The van der Waals surface area contributed by atoms with E-state index in [0.29, 0.717) is 37.8 Å². The van der Waals surface area contributed by atoms with E-state index in [1.165, 1.54) is 16.4 Å². The van der Waals surface area contributed by atoms with E-state index in [2.05, 4.69) is 0 Å². The lowest BCUT2D eigenvalue weighted by Gasteiger charge is -2.34. The van der Waals surface area contributed by atoms with Crippen LogP contribution in [0.15, 0.2) is 47.4 Å². The zero-order valence-corrected chi connectivity index (χ0v) is 17.6. The van der Waals surface area contributed by atoms with Gasteiger partial charge >= 0.3 is 0 Å². The molecule has 0 atom stereocenters. The number of hydrogen-bond acceptors (Lipinski definition) is 6. The van der Waals surface area contributed by atoms with E-state index in [1.807, 2.05) is 24.3 Å². The summed E-state index contributed by atoms with van der Waals surface area (Å²) in [6.07, 6.45) is 0.277. The number of ether oxygens (including phenoxy) is 3. The van der Waals surface area contributed by atoms with Crippen molar-refractivity contribution in [3.63, 3.8) is 0 Å². The van der Waals surface area contributed by atoms with Crippen molar-refractivity contribution in [3.05, 3.63) is 48.0 Å². The van der Waals surface area contributed by atoms with Crippen LogP contribution < -0.4 is 14.2 Å². The van der Waals surface area contributed by atoms with Crippen LogP contribution in [0.1, 0.15) is 5.56 Å². The Morgan fingerprint density at radius 1 is 0.967 bits per heavy atom. The number of fused-ring (bicyclic) bond motifs is 1. The Morgan fingerprint density at radius 3 is 2.30 bits per heavy atom. The highest BCUT2D eigenvalue weighted by Gasteiger charge is 2.31. The molecule has 2 aliphatic heterocycles. The first kappa shape index (κ1) is 20.5. The molecule has 1 saturated heterocycles. The van der Waals surface area contributed by atoms with Gasteiger partial charge in [-0.1, -0.05) is 12.1 Å². The topological polar surface area (TPSA) is 85.4 Å². The summed E-state index contributed by atoms with van der Waals surface area (Å²) >= 11 is 0. The predicted octanol–water partition coefficient (Wildman–Crippen LogP) is 1.54. The van der Waals surface area contributed by atoms with Crippen molar-refractivity contribution >= 4 is 15.9 Å². The van der Waals surface area contributed by atoms with Gasteiger partial charge in [0.1, 0.15) is 19.0 Å². The van der Waals surface area contributed by atoms with Gasteiger partial charge in [-0.15, -0.1) is 0 Å². The minimum atomic E-state index is -3.67. The van der Waals surface area contributed by atoms with Gasteiger partial charge in [0, 0.05) is 32.2 Å². The Balaban J connectivity index is 1.38. The Hall–Kier alpha value is -2.78. The molecular weight excluding hydrogens is 408 g/mol. The van der Waals surface area contributed by atoms with Crippen molar-refractivity contribution < 1.29 is 27.4 Å². The van der Waals surface area contributed by atoms with E-state index in [0.717, 1.165) is 11.3 Å². The van der Waals surface area contributed by atoms with E-state index in [4.69, 9.17) is 14.2 Å². The normalized spacial score (nSPS) is 16.9. The maximum atomic E-state index is 13.0. The zero-order valence-electron chi connectivity index (χ0n) is 16.7. The van der Waals surface area contributed by atoms with Crippen LogP contribution in [0.25, 0.3) is 0 Å². The van der Waals surface area contributed by atoms with Crippen molar-refractivity contribution in [3.8, 4) is 17.2 Å². The molecule has 8 nitrogen and oxygen atoms in total. The van der Waals surface area contributed by atoms with Gasteiger partial charge in [0.25, 0.3) is 0 Å². The Kier molecular flexibility index (Phi) is 5.83. The molecule has 0 aliphatic carbocycles. The summed E-state index contributed by atoms with van der Waals surface area (Å²) < 4.78 is 43.5. The average molecular weight is 432 g/mol. The molecule has 0 aromatic heterocycles. The first-order chi connectivity index (χ1) is 14.5. The fourth-order valence-corrected chi connectivity index (χ4v) is 4.98. The van der Waals surface area contributed by atoms with Crippen LogP contribution in [0.3, 0.4) is 0 Å². The lowest BCUT2D eigenvalue weighted by Crippen LogP contribution is -2.50. The molecule has 0 bridgehead atoms. The van der Waals surface area contributed by atoms with Crippen LogP contribution in [0, 0.1) is 0 Å². The minimum Gasteiger partial charge on any atom is -0.497 e. The molecule has 0 spiro atoms. The summed E-state index contributed by atoms with van der Waals surface area (Å²) in [5.41, 5.74) is 0.895. The quantitative estimate of drug-likeness (QED) is 0.713. The monoisotopic (exact) mass is 432 g/mol. The molecule has 4 rings (SSSR count). The van der Waals surface area contributed by atoms with Crippen molar-refractivity contribution in [2.45, 2.75) is 11.3 Å². The fourth-order valence-electron chi connectivity index (χ4n) is 3.54. The van der Waals surface area contributed by atoms with Crippen LogP contribution >= 0.6 is 0 Å². The third kappa shape index (κ3) is 4.22. The lowest BCUT2D eigenvalue weighted by molar-refractivity contribution is -0.131. The third-order valence-corrected chi connectivity index (χ3v) is 7.15. The van der Waals surface area contributed by atoms with Crippen molar-refractivity contribution in [2.75, 3.05) is 46.5 Å². The molecule has 2 aromatic carbocycles. The zero-order chi connectivity index (χ0) is 21.1. The van der Waals surface area contributed by atoms with E-state index in [-0.39, 0.29) is 30.3 Å². The summed E-state index contributed by atoms with van der Waals surface area (Å²) in [4.78, 5) is 14.5. The number of benzene rings is 2. The molecule has 30 heavy (non-hydrogen) atoms. The maximum Gasteiger partial charge on any atom is 0.243 e. The Labute approximate surface area is 176 Å². The number of amides is 1. The van der Waals surface area contributed by atoms with Crippen LogP contribution in [0.4, 0.5) is 0 Å². The van der Waals surface area contributed by atoms with Gasteiger partial charge in [0.05, 0.1) is 18.4 Å². The maximum absolute atomic E-state index is 13.0. The first-order valence-corrected chi connectivity index (χ1v) is 11.2. The van der Waals surface area contributed by atoms with E-state index >= 15 is 0 Å².